The van der Waals surface area contributed by atoms with Crippen LogP contribution >= 0.6 is 0 Å². The summed E-state index contributed by atoms with van der Waals surface area (Å²) < 4.78 is 0. The summed E-state index contributed by atoms with van der Waals surface area (Å²) in [5.74, 6) is 1.28. The van der Waals surface area contributed by atoms with Crippen molar-refractivity contribution < 1.29 is 9.78 Å². The van der Waals surface area contributed by atoms with Crippen molar-refractivity contribution in [3.05, 3.63) is 29.8 Å². The van der Waals surface area contributed by atoms with E-state index in [1.807, 2.05) is 26.0 Å². The third-order valence-corrected chi connectivity index (χ3v) is 3.70. The van der Waals surface area contributed by atoms with Crippen molar-refractivity contribution in [3.63, 3.8) is 0 Å². The van der Waals surface area contributed by atoms with Gasteiger partial charge in [-0.3, -0.25) is 0 Å². The molecule has 0 radical (unpaired) electrons. The fourth-order valence-corrected chi connectivity index (χ4v) is 1.19. The van der Waals surface area contributed by atoms with E-state index in [0.29, 0.717) is 5.92 Å². The molecule has 18 heavy (non-hydrogen) atoms. The van der Waals surface area contributed by atoms with Gasteiger partial charge in [0.25, 0.3) is 0 Å². The summed E-state index contributed by atoms with van der Waals surface area (Å²) in [4.78, 5) is 11.0. The summed E-state index contributed by atoms with van der Waals surface area (Å²) >= 11 is 0. The van der Waals surface area contributed by atoms with Crippen molar-refractivity contribution in [1.82, 2.24) is 0 Å². The van der Waals surface area contributed by atoms with Crippen LogP contribution in [0.4, 0.5) is 0 Å². The number of hydrogen-bond acceptors (Lipinski definition) is 2. The van der Waals surface area contributed by atoms with Gasteiger partial charge < -0.3 is 4.89 Å². The molecule has 0 aliphatic rings. The van der Waals surface area contributed by atoms with E-state index in [1.54, 1.807) is 0 Å². The third-order valence-electron chi connectivity index (χ3n) is 3.70. The fraction of sp³-hybridized carbons (Fsp3) is 0.625. The first-order chi connectivity index (χ1) is 8.13. The van der Waals surface area contributed by atoms with E-state index in [-0.39, 0.29) is 11.0 Å². The van der Waals surface area contributed by atoms with E-state index in [9.17, 15) is 0 Å². The second-order valence-electron chi connectivity index (χ2n) is 6.65. The van der Waals surface area contributed by atoms with Crippen LogP contribution in [0.3, 0.4) is 0 Å². The van der Waals surface area contributed by atoms with E-state index < -0.39 is 0 Å². The zero-order valence-electron chi connectivity index (χ0n) is 12.7. The Morgan fingerprint density at radius 1 is 0.889 bits per heavy atom. The van der Waals surface area contributed by atoms with Crippen LogP contribution < -0.4 is 4.89 Å². The maximum Gasteiger partial charge on any atom is 0.165 e. The number of rotatable bonds is 4. The Morgan fingerprint density at radius 3 is 1.78 bits per heavy atom. The second-order valence-corrected chi connectivity index (χ2v) is 6.65. The van der Waals surface area contributed by atoms with Crippen LogP contribution in [0, 0.1) is 5.41 Å². The Hall–Kier alpha value is -1.02. The lowest BCUT2D eigenvalue weighted by atomic mass is 9.79. The lowest BCUT2D eigenvalue weighted by Gasteiger charge is -2.36. The highest BCUT2D eigenvalue weighted by molar-refractivity contribution is 5.28. The average molecular weight is 250 g/mol. The molecule has 0 spiro atoms. The molecule has 0 aromatic heterocycles. The maximum atomic E-state index is 5.58. The topological polar surface area (TPSA) is 18.5 Å². The molecule has 0 aliphatic heterocycles. The minimum absolute atomic E-state index is 0.0187. The highest BCUT2D eigenvalue weighted by Gasteiger charge is 2.35. The van der Waals surface area contributed by atoms with Gasteiger partial charge in [-0.25, -0.2) is 0 Å². The highest BCUT2D eigenvalue weighted by Crippen LogP contribution is 2.33. The molecule has 2 nitrogen and oxygen atoms in total. The predicted molar refractivity (Wildman–Crippen MR) is 75.8 cm³/mol. The molecule has 0 N–H and O–H groups in total. The minimum atomic E-state index is -0.344. The van der Waals surface area contributed by atoms with Gasteiger partial charge in [0.15, 0.2) is 5.75 Å². The molecule has 0 fully saturated rings. The third kappa shape index (κ3) is 3.74. The van der Waals surface area contributed by atoms with Crippen LogP contribution in [0.15, 0.2) is 24.3 Å². The monoisotopic (exact) mass is 250 g/mol. The molecular formula is C16H26O2. The first kappa shape index (κ1) is 15.0. The molecule has 0 unspecified atom stereocenters. The first-order valence-electron chi connectivity index (χ1n) is 6.59. The van der Waals surface area contributed by atoms with Gasteiger partial charge in [0.2, 0.25) is 0 Å². The summed E-state index contributed by atoms with van der Waals surface area (Å²) in [6.45, 7) is 14.8. The van der Waals surface area contributed by atoms with Crippen molar-refractivity contribution in [1.29, 1.82) is 0 Å². The lowest BCUT2D eigenvalue weighted by molar-refractivity contribution is -0.308. The molecule has 0 saturated heterocycles. The summed E-state index contributed by atoms with van der Waals surface area (Å²) in [6.07, 6.45) is 0. The highest BCUT2D eigenvalue weighted by atomic mass is 17.2. The Balaban J connectivity index is 2.64. The Kier molecular flexibility index (Phi) is 4.44. The molecular weight excluding hydrogens is 224 g/mol. The molecule has 0 heterocycles. The van der Waals surface area contributed by atoms with Crippen LogP contribution in [0.5, 0.6) is 5.75 Å². The van der Waals surface area contributed by atoms with E-state index in [4.69, 9.17) is 9.78 Å². The van der Waals surface area contributed by atoms with Gasteiger partial charge in [-0.2, -0.15) is 4.89 Å². The van der Waals surface area contributed by atoms with Gasteiger partial charge in [0.05, 0.1) is 0 Å². The van der Waals surface area contributed by atoms with Gasteiger partial charge >= 0.3 is 0 Å². The zero-order valence-corrected chi connectivity index (χ0v) is 12.7. The van der Waals surface area contributed by atoms with Crippen molar-refractivity contribution in [2.45, 2.75) is 60.0 Å². The van der Waals surface area contributed by atoms with Crippen LogP contribution in [0.1, 0.15) is 59.9 Å². The summed E-state index contributed by atoms with van der Waals surface area (Å²) in [6, 6.07) is 8.06. The molecule has 1 aromatic carbocycles. The van der Waals surface area contributed by atoms with E-state index >= 15 is 0 Å². The van der Waals surface area contributed by atoms with Crippen LogP contribution in [-0.4, -0.2) is 5.60 Å². The van der Waals surface area contributed by atoms with Gasteiger partial charge in [-0.05, 0) is 42.9 Å². The van der Waals surface area contributed by atoms with Crippen LogP contribution in [-0.2, 0) is 4.89 Å². The van der Waals surface area contributed by atoms with Gasteiger partial charge in [0.1, 0.15) is 5.60 Å². The van der Waals surface area contributed by atoms with Gasteiger partial charge in [0, 0.05) is 0 Å². The van der Waals surface area contributed by atoms with Gasteiger partial charge in [-0.15, -0.1) is 0 Å². The molecule has 1 rings (SSSR count). The molecule has 0 atom stereocenters. The number of hydrogen-bond donors (Lipinski definition) is 0. The molecule has 2 heteroatoms. The fourth-order valence-electron chi connectivity index (χ4n) is 1.19. The smallest absolute Gasteiger partial charge is 0.165 e. The van der Waals surface area contributed by atoms with Crippen LogP contribution in [0.2, 0.25) is 0 Å². The maximum absolute atomic E-state index is 5.58. The SMILES string of the molecule is CC(C)c1ccc(OOC(C)(C)C(C)(C)C)cc1. The zero-order chi connectivity index (χ0) is 14.0. The molecule has 0 bridgehead atoms. The average Bonchev–Trinajstić information content (AvgIpc) is 2.25. The lowest BCUT2D eigenvalue weighted by Crippen LogP contribution is -2.40. The molecule has 0 aliphatic carbocycles. The Morgan fingerprint density at radius 2 is 1.39 bits per heavy atom. The predicted octanol–water partition coefficient (Wildman–Crippen LogP) is 4.95. The largest absolute Gasteiger partial charge is 0.337 e. The summed E-state index contributed by atoms with van der Waals surface area (Å²) in [5, 5.41) is 0. The standard InChI is InChI=1S/C16H26O2/c1-12(2)13-8-10-14(11-9-13)17-18-16(6,7)15(3,4)5/h8-12H,1-7H3. The second kappa shape index (κ2) is 5.31. The van der Waals surface area contributed by atoms with Gasteiger partial charge in [-0.1, -0.05) is 46.8 Å². The Bertz CT molecular complexity index is 369. The van der Waals surface area contributed by atoms with Crippen molar-refractivity contribution >= 4 is 0 Å². The summed E-state index contributed by atoms with van der Waals surface area (Å²) in [7, 11) is 0. The van der Waals surface area contributed by atoms with Crippen molar-refractivity contribution in [2.24, 2.45) is 5.41 Å². The summed E-state index contributed by atoms with van der Waals surface area (Å²) in [5.41, 5.74) is 0.978. The molecule has 0 saturated carbocycles. The Labute approximate surface area is 111 Å². The van der Waals surface area contributed by atoms with Crippen molar-refractivity contribution in [3.8, 4) is 5.75 Å². The minimum Gasteiger partial charge on any atom is -0.337 e. The molecule has 102 valence electrons. The molecule has 1 aromatic rings. The normalized spacial score (nSPS) is 12.9. The molecule has 0 amide bonds. The van der Waals surface area contributed by atoms with E-state index in [1.165, 1.54) is 5.56 Å². The number of benzene rings is 1. The quantitative estimate of drug-likeness (QED) is 0.556. The van der Waals surface area contributed by atoms with Crippen molar-refractivity contribution in [2.75, 3.05) is 0 Å². The van der Waals surface area contributed by atoms with Crippen LogP contribution in [0.25, 0.3) is 0 Å². The first-order valence-corrected chi connectivity index (χ1v) is 6.59. The van der Waals surface area contributed by atoms with E-state index in [0.717, 1.165) is 5.75 Å². The van der Waals surface area contributed by atoms with E-state index in [2.05, 4.69) is 46.8 Å².